The number of ketones is 3. The van der Waals surface area contributed by atoms with Crippen molar-refractivity contribution in [2.45, 2.75) is 53.1 Å². The van der Waals surface area contributed by atoms with E-state index in [2.05, 4.69) is 0 Å². The van der Waals surface area contributed by atoms with E-state index in [0.29, 0.717) is 16.7 Å². The highest BCUT2D eigenvalue weighted by atomic mass is 19.1. The molecule has 0 heterocycles. The van der Waals surface area contributed by atoms with Crippen LogP contribution in [0.25, 0.3) is 11.1 Å². The maximum absolute atomic E-state index is 14.1. The maximum Gasteiger partial charge on any atom is 0.209 e. The summed E-state index contributed by atoms with van der Waals surface area (Å²) in [6.45, 7) is 7.99. The summed E-state index contributed by atoms with van der Waals surface area (Å²) in [5.74, 6) is -5.95. The molecule has 0 radical (unpaired) electrons. The highest BCUT2D eigenvalue weighted by Gasteiger charge is 2.71. The number of halogens is 1. The van der Waals surface area contributed by atoms with Gasteiger partial charge in [0.05, 0.1) is 5.56 Å². The molecule has 2 aromatic carbocycles. The summed E-state index contributed by atoms with van der Waals surface area (Å²) < 4.78 is 13.6. The summed E-state index contributed by atoms with van der Waals surface area (Å²) in [6, 6.07) is 8.71. The minimum atomic E-state index is -2.65. The molecule has 0 spiro atoms. The van der Waals surface area contributed by atoms with Gasteiger partial charge in [-0.3, -0.25) is 14.4 Å². The van der Waals surface area contributed by atoms with Gasteiger partial charge in [-0.05, 0) is 60.6 Å². The quantitative estimate of drug-likeness (QED) is 0.400. The van der Waals surface area contributed by atoms with Crippen molar-refractivity contribution in [3.8, 4) is 16.9 Å². The topological polar surface area (TPSA) is 132 Å². The van der Waals surface area contributed by atoms with Gasteiger partial charge >= 0.3 is 0 Å². The molecule has 4 N–H and O–H groups in total. The van der Waals surface area contributed by atoms with Crippen LogP contribution in [0.2, 0.25) is 0 Å². The van der Waals surface area contributed by atoms with Crippen LogP contribution in [0.4, 0.5) is 4.39 Å². The first-order chi connectivity index (χ1) is 18.1. The van der Waals surface area contributed by atoms with E-state index in [1.54, 1.807) is 45.9 Å². The molecule has 4 atom stereocenters. The lowest BCUT2D eigenvalue weighted by Crippen LogP contribution is -2.67. The van der Waals surface area contributed by atoms with Crippen molar-refractivity contribution < 1.29 is 39.2 Å². The number of allylic oxidation sites excluding steroid dienone is 2. The minimum absolute atomic E-state index is 0.00339. The highest BCUT2D eigenvalue weighted by molar-refractivity contribution is 6.25. The number of aliphatic hydroxyl groups is 3. The van der Waals surface area contributed by atoms with Gasteiger partial charge < -0.3 is 20.4 Å². The number of phenols is 1. The molecule has 0 fully saturated rings. The summed E-state index contributed by atoms with van der Waals surface area (Å²) in [5, 5.41) is 45.7. The van der Waals surface area contributed by atoms with Crippen molar-refractivity contribution in [3.63, 3.8) is 0 Å². The molecular weight excluding hydrogens is 503 g/mol. The van der Waals surface area contributed by atoms with Gasteiger partial charge in [-0.15, -0.1) is 0 Å². The zero-order valence-electron chi connectivity index (χ0n) is 22.4. The molecule has 1 unspecified atom stereocenters. The average Bonchev–Trinajstić information content (AvgIpc) is 2.82. The molecule has 0 bridgehead atoms. The predicted molar refractivity (Wildman–Crippen MR) is 141 cm³/mol. The SMILES string of the molecule is CC(=O)C1=C(O)C(C(C)C)[C@@]2(C)C[C@@]3(C)Cc4c(-c5ccc(F)cc5)ccc(O)c4C(=O)C3=C(O)[C@@]2(O)C1=O. The molecular formula is C31H31FO7. The Bertz CT molecular complexity index is 1530. The molecule has 0 saturated heterocycles. The normalized spacial score (nSPS) is 30.3. The number of phenolic OH excluding ortho intramolecular Hbond substituents is 1. The molecule has 0 amide bonds. The predicted octanol–water partition coefficient (Wildman–Crippen LogP) is 5.15. The first kappa shape index (κ1) is 26.8. The number of carbonyl (C=O) groups is 3. The van der Waals surface area contributed by atoms with Gasteiger partial charge in [0.25, 0.3) is 0 Å². The summed E-state index contributed by atoms with van der Waals surface area (Å²) in [7, 11) is 0. The Hall–Kier alpha value is -3.78. The number of hydrogen-bond donors (Lipinski definition) is 4. The minimum Gasteiger partial charge on any atom is -0.511 e. The van der Waals surface area contributed by atoms with Gasteiger partial charge in [-0.1, -0.05) is 45.9 Å². The third-order valence-corrected chi connectivity index (χ3v) is 9.05. The Balaban J connectivity index is 1.81. The van der Waals surface area contributed by atoms with E-state index >= 15 is 0 Å². The van der Waals surface area contributed by atoms with E-state index in [9.17, 15) is 39.2 Å². The second-order valence-electron chi connectivity index (χ2n) is 12.0. The number of carbonyl (C=O) groups excluding carboxylic acids is 3. The molecule has 204 valence electrons. The Morgan fingerprint density at radius 3 is 2.21 bits per heavy atom. The zero-order valence-corrected chi connectivity index (χ0v) is 22.4. The number of hydrogen-bond acceptors (Lipinski definition) is 7. The van der Waals surface area contributed by atoms with Crippen LogP contribution in [0.1, 0.15) is 57.0 Å². The van der Waals surface area contributed by atoms with Gasteiger partial charge in [-0.2, -0.15) is 0 Å². The molecule has 39 heavy (non-hydrogen) atoms. The number of fused-ring (bicyclic) bond motifs is 3. The maximum atomic E-state index is 14.1. The lowest BCUT2D eigenvalue weighted by Gasteiger charge is -2.59. The first-order valence-electron chi connectivity index (χ1n) is 12.9. The number of Topliss-reactive ketones (excluding diaryl/α,β-unsaturated/α-hetero) is 3. The number of aromatic hydroxyl groups is 1. The molecule has 7 nitrogen and oxygen atoms in total. The summed E-state index contributed by atoms with van der Waals surface area (Å²) in [5.41, 5.74) is -4.42. The lowest BCUT2D eigenvalue weighted by molar-refractivity contribution is -0.171. The van der Waals surface area contributed by atoms with Crippen LogP contribution < -0.4 is 0 Å². The molecule has 2 aromatic rings. The van der Waals surface area contributed by atoms with Crippen molar-refractivity contribution in [1.29, 1.82) is 0 Å². The monoisotopic (exact) mass is 534 g/mol. The average molecular weight is 535 g/mol. The second kappa shape index (κ2) is 8.36. The van der Waals surface area contributed by atoms with E-state index in [0.717, 1.165) is 6.92 Å². The summed E-state index contributed by atoms with van der Waals surface area (Å²) >= 11 is 0. The van der Waals surface area contributed by atoms with Crippen molar-refractivity contribution in [1.82, 2.24) is 0 Å². The van der Waals surface area contributed by atoms with E-state index < -0.39 is 62.6 Å². The third kappa shape index (κ3) is 3.33. The highest BCUT2D eigenvalue weighted by Crippen LogP contribution is 2.65. The van der Waals surface area contributed by atoms with Gasteiger partial charge in [0.1, 0.15) is 28.7 Å². The lowest BCUT2D eigenvalue weighted by atomic mass is 9.44. The fraction of sp³-hybridized carbons (Fsp3) is 0.387. The van der Waals surface area contributed by atoms with Gasteiger partial charge in [-0.25, -0.2) is 4.39 Å². The van der Waals surface area contributed by atoms with Crippen LogP contribution in [0.15, 0.2) is 59.1 Å². The number of aliphatic hydroxyl groups excluding tert-OH is 2. The molecule has 0 aromatic heterocycles. The van der Waals surface area contributed by atoms with Crippen LogP contribution >= 0.6 is 0 Å². The molecule has 3 aliphatic carbocycles. The van der Waals surface area contributed by atoms with Crippen LogP contribution in [0, 0.1) is 28.5 Å². The third-order valence-electron chi connectivity index (χ3n) is 9.05. The van der Waals surface area contributed by atoms with Gasteiger partial charge in [0.2, 0.25) is 5.78 Å². The molecule has 5 rings (SSSR count). The summed E-state index contributed by atoms with van der Waals surface area (Å²) in [4.78, 5) is 40.2. The fourth-order valence-corrected chi connectivity index (χ4v) is 7.63. The Kier molecular flexibility index (Phi) is 5.75. The van der Waals surface area contributed by atoms with E-state index in [4.69, 9.17) is 0 Å². The van der Waals surface area contributed by atoms with Crippen molar-refractivity contribution in [2.24, 2.45) is 22.7 Å². The second-order valence-corrected chi connectivity index (χ2v) is 12.0. The van der Waals surface area contributed by atoms with E-state index in [1.807, 2.05) is 0 Å². The summed E-state index contributed by atoms with van der Waals surface area (Å²) in [6.07, 6.45) is 0.146. The number of rotatable bonds is 3. The van der Waals surface area contributed by atoms with E-state index in [-0.39, 0.29) is 35.6 Å². The van der Waals surface area contributed by atoms with Crippen molar-refractivity contribution >= 4 is 17.3 Å². The smallest absolute Gasteiger partial charge is 0.209 e. The van der Waals surface area contributed by atoms with Crippen LogP contribution in [0.3, 0.4) is 0 Å². The Morgan fingerprint density at radius 1 is 1.03 bits per heavy atom. The zero-order chi connectivity index (χ0) is 28.8. The first-order valence-corrected chi connectivity index (χ1v) is 12.9. The Labute approximate surface area is 225 Å². The molecule has 0 aliphatic heterocycles. The van der Waals surface area contributed by atoms with Gasteiger partial charge in [0.15, 0.2) is 17.2 Å². The van der Waals surface area contributed by atoms with Crippen LogP contribution in [-0.2, 0) is 16.0 Å². The fourth-order valence-electron chi connectivity index (χ4n) is 7.63. The van der Waals surface area contributed by atoms with E-state index in [1.165, 1.54) is 18.2 Å². The van der Waals surface area contributed by atoms with Crippen LogP contribution in [0.5, 0.6) is 5.75 Å². The Morgan fingerprint density at radius 2 is 1.64 bits per heavy atom. The molecule has 8 heteroatoms. The molecule has 3 aliphatic rings. The van der Waals surface area contributed by atoms with Crippen molar-refractivity contribution in [3.05, 3.63) is 76.0 Å². The molecule has 0 saturated carbocycles. The standard InChI is InChI=1S/C31H31FO7/c1-14(2)23-25(35)21(15(3)33)27(37)31(39)28(38)24-26(36)22-19(12-29(24,4)13-30(23,31)5)18(10-11-20(22)34)16-6-8-17(32)9-7-16/h6-11,14,23,34-35,38-39H,12-13H2,1-5H3/t23?,29-,30-,31+/m1/s1. The number of benzene rings is 2. The van der Waals surface area contributed by atoms with Crippen LogP contribution in [-0.4, -0.2) is 43.4 Å². The largest absolute Gasteiger partial charge is 0.511 e. The van der Waals surface area contributed by atoms with Crippen molar-refractivity contribution in [2.75, 3.05) is 0 Å². The van der Waals surface area contributed by atoms with Gasteiger partial charge in [0, 0.05) is 22.3 Å².